The van der Waals surface area contributed by atoms with Crippen LogP contribution in [0.25, 0.3) is 0 Å². The van der Waals surface area contributed by atoms with Gasteiger partial charge in [-0.3, -0.25) is 4.79 Å². The van der Waals surface area contributed by atoms with E-state index in [1.807, 2.05) is 13.8 Å². The molecule has 1 aromatic rings. The van der Waals surface area contributed by atoms with Gasteiger partial charge in [0.25, 0.3) is 0 Å². The van der Waals surface area contributed by atoms with E-state index in [-0.39, 0.29) is 23.7 Å². The Hall–Kier alpha value is -2.18. The highest BCUT2D eigenvalue weighted by atomic mass is 16.7. The first-order valence-electron chi connectivity index (χ1n) is 7.55. The maximum absolute atomic E-state index is 12.2. The monoisotopic (exact) mass is 310 g/mol. The summed E-state index contributed by atoms with van der Waals surface area (Å²) in [5.41, 5.74) is 0. The van der Waals surface area contributed by atoms with E-state index < -0.39 is 11.9 Å². The fourth-order valence-corrected chi connectivity index (χ4v) is 2.76. The number of rotatable bonds is 6. The Morgan fingerprint density at radius 2 is 2.00 bits per heavy atom. The number of hydrogen-bond acceptors (Lipinski definition) is 5. The second-order valence-corrected chi connectivity index (χ2v) is 5.64. The van der Waals surface area contributed by atoms with Gasteiger partial charge < -0.3 is 20.0 Å². The Kier molecular flexibility index (Phi) is 4.95. The van der Waals surface area contributed by atoms with Crippen LogP contribution >= 0.6 is 0 Å². The van der Waals surface area contributed by atoms with E-state index in [1.165, 1.54) is 12.1 Å². The van der Waals surface area contributed by atoms with Crippen LogP contribution < -0.4 is 4.84 Å². The van der Waals surface area contributed by atoms with E-state index in [2.05, 4.69) is 0 Å². The molecule has 7 nitrogen and oxygen atoms in total. The number of nitrogens with zero attached hydrogens (tertiary/aromatic N) is 2. The lowest BCUT2D eigenvalue weighted by Crippen LogP contribution is -2.38. The van der Waals surface area contributed by atoms with Crippen molar-refractivity contribution < 1.29 is 24.6 Å². The number of hydrogen-bond donors (Lipinski definition) is 2. The summed E-state index contributed by atoms with van der Waals surface area (Å²) in [6, 6.07) is 2.42. The molecule has 2 N–H and O–H groups in total. The molecule has 2 unspecified atom stereocenters. The van der Waals surface area contributed by atoms with Crippen molar-refractivity contribution in [2.75, 3.05) is 6.54 Å². The highest BCUT2D eigenvalue weighted by Gasteiger charge is 2.30. The molecular weight excluding hydrogens is 288 g/mol. The van der Waals surface area contributed by atoms with Crippen molar-refractivity contribution in [2.45, 2.75) is 45.6 Å². The Labute approximate surface area is 129 Å². The van der Waals surface area contributed by atoms with Crippen molar-refractivity contribution in [1.82, 2.24) is 9.63 Å². The summed E-state index contributed by atoms with van der Waals surface area (Å²) in [5.74, 6) is -1.52. The van der Waals surface area contributed by atoms with Crippen molar-refractivity contribution in [3.05, 3.63) is 12.1 Å². The van der Waals surface area contributed by atoms with E-state index in [9.17, 15) is 19.8 Å². The van der Waals surface area contributed by atoms with Crippen molar-refractivity contribution in [3.8, 4) is 11.8 Å². The standard InChI is InChI=1S/C15H22N2O5/c1-3-11(9-10(2)16-8-4-5-12(16)18)15(21)22-17-13(19)6-7-14(17)20/h6-7,10-11,19-20H,3-5,8-9H2,1-2H3. The van der Waals surface area contributed by atoms with Crippen molar-refractivity contribution >= 4 is 11.9 Å². The summed E-state index contributed by atoms with van der Waals surface area (Å²) in [5, 5.41) is 19.0. The minimum Gasteiger partial charge on any atom is -0.492 e. The lowest BCUT2D eigenvalue weighted by atomic mass is 9.97. The van der Waals surface area contributed by atoms with E-state index in [0.29, 0.717) is 24.0 Å². The molecule has 22 heavy (non-hydrogen) atoms. The molecular formula is C15H22N2O5. The van der Waals surface area contributed by atoms with Crippen LogP contribution in [0, 0.1) is 5.92 Å². The number of likely N-dealkylation sites (tertiary alicyclic amines) is 1. The first-order valence-corrected chi connectivity index (χ1v) is 7.55. The van der Waals surface area contributed by atoms with Gasteiger partial charge >= 0.3 is 5.97 Å². The molecule has 0 aliphatic carbocycles. The first kappa shape index (κ1) is 16.2. The van der Waals surface area contributed by atoms with Crippen molar-refractivity contribution in [1.29, 1.82) is 0 Å². The van der Waals surface area contributed by atoms with Gasteiger partial charge in [-0.1, -0.05) is 6.92 Å². The molecule has 2 heterocycles. The predicted molar refractivity (Wildman–Crippen MR) is 78.2 cm³/mol. The largest absolute Gasteiger partial charge is 0.492 e. The summed E-state index contributed by atoms with van der Waals surface area (Å²) in [6.45, 7) is 4.51. The second kappa shape index (κ2) is 6.72. The first-order chi connectivity index (χ1) is 10.4. The summed E-state index contributed by atoms with van der Waals surface area (Å²) in [7, 11) is 0. The average Bonchev–Trinajstić information content (AvgIpc) is 3.04. The third kappa shape index (κ3) is 3.35. The quantitative estimate of drug-likeness (QED) is 0.826. The molecule has 0 aromatic carbocycles. The molecule has 1 aliphatic heterocycles. The Bertz CT molecular complexity index is 535. The molecule has 1 aromatic heterocycles. The molecule has 0 spiro atoms. The van der Waals surface area contributed by atoms with Gasteiger partial charge in [-0.05, 0) is 26.2 Å². The van der Waals surface area contributed by atoms with Crippen LogP contribution in [0.4, 0.5) is 0 Å². The van der Waals surface area contributed by atoms with Gasteiger partial charge in [-0.2, -0.15) is 0 Å². The third-order valence-corrected chi connectivity index (χ3v) is 4.07. The van der Waals surface area contributed by atoms with Crippen LogP contribution in [0.2, 0.25) is 0 Å². The Morgan fingerprint density at radius 3 is 2.50 bits per heavy atom. The van der Waals surface area contributed by atoms with Crippen molar-refractivity contribution in [2.24, 2.45) is 5.92 Å². The third-order valence-electron chi connectivity index (χ3n) is 4.07. The average molecular weight is 310 g/mol. The van der Waals surface area contributed by atoms with Gasteiger partial charge in [0.05, 0.1) is 5.92 Å². The van der Waals surface area contributed by atoms with Crippen molar-refractivity contribution in [3.63, 3.8) is 0 Å². The highest BCUT2D eigenvalue weighted by molar-refractivity contribution is 5.78. The summed E-state index contributed by atoms with van der Waals surface area (Å²) in [6.07, 6.45) is 2.46. The molecule has 2 rings (SSSR count). The number of amides is 1. The van der Waals surface area contributed by atoms with E-state index >= 15 is 0 Å². The molecule has 0 bridgehead atoms. The summed E-state index contributed by atoms with van der Waals surface area (Å²) >= 11 is 0. The molecule has 1 amide bonds. The summed E-state index contributed by atoms with van der Waals surface area (Å²) in [4.78, 5) is 30.8. The van der Waals surface area contributed by atoms with Gasteiger partial charge in [-0.25, -0.2) is 4.79 Å². The molecule has 1 aliphatic rings. The zero-order valence-electron chi connectivity index (χ0n) is 12.9. The maximum atomic E-state index is 12.2. The maximum Gasteiger partial charge on any atom is 0.336 e. The zero-order chi connectivity index (χ0) is 16.3. The fraction of sp³-hybridized carbons (Fsp3) is 0.600. The molecule has 0 radical (unpaired) electrons. The second-order valence-electron chi connectivity index (χ2n) is 5.64. The lowest BCUT2D eigenvalue weighted by molar-refractivity contribution is -0.151. The molecule has 0 saturated carbocycles. The summed E-state index contributed by atoms with van der Waals surface area (Å²) < 4.78 is 0.691. The lowest BCUT2D eigenvalue weighted by Gasteiger charge is -2.27. The van der Waals surface area contributed by atoms with Gasteiger partial charge in [-0.15, -0.1) is 4.73 Å². The molecule has 122 valence electrons. The minimum atomic E-state index is -0.539. The fourth-order valence-electron chi connectivity index (χ4n) is 2.76. The van der Waals surface area contributed by atoms with Crippen LogP contribution in [0.5, 0.6) is 11.8 Å². The molecule has 1 saturated heterocycles. The molecule has 2 atom stereocenters. The predicted octanol–water partition coefficient (Wildman–Crippen LogP) is 1.28. The minimum absolute atomic E-state index is 0.0423. The highest BCUT2D eigenvalue weighted by Crippen LogP contribution is 2.23. The number of aromatic nitrogens is 1. The van der Waals surface area contributed by atoms with E-state index in [1.54, 1.807) is 4.90 Å². The molecule has 7 heteroatoms. The zero-order valence-corrected chi connectivity index (χ0v) is 12.9. The smallest absolute Gasteiger partial charge is 0.336 e. The number of carbonyl (C=O) groups excluding carboxylic acids is 2. The van der Waals surface area contributed by atoms with Crippen LogP contribution in [-0.4, -0.2) is 44.3 Å². The Balaban J connectivity index is 1.98. The topological polar surface area (TPSA) is 92.0 Å². The SMILES string of the molecule is CCC(CC(C)N1CCCC1=O)C(=O)On1c(O)ccc1O. The van der Waals surface area contributed by atoms with Crippen LogP contribution in [0.1, 0.15) is 39.5 Å². The van der Waals surface area contributed by atoms with Crippen LogP contribution in [-0.2, 0) is 9.59 Å². The molecule has 1 fully saturated rings. The van der Waals surface area contributed by atoms with Gasteiger partial charge in [0.1, 0.15) is 0 Å². The van der Waals surface area contributed by atoms with E-state index in [0.717, 1.165) is 13.0 Å². The van der Waals surface area contributed by atoms with Gasteiger partial charge in [0.15, 0.2) is 0 Å². The van der Waals surface area contributed by atoms with Crippen LogP contribution in [0.3, 0.4) is 0 Å². The number of aromatic hydroxyl groups is 2. The van der Waals surface area contributed by atoms with E-state index in [4.69, 9.17) is 4.84 Å². The van der Waals surface area contributed by atoms with Crippen LogP contribution in [0.15, 0.2) is 12.1 Å². The van der Waals surface area contributed by atoms with Gasteiger partial charge in [0.2, 0.25) is 17.7 Å². The normalized spacial score (nSPS) is 17.5. The Morgan fingerprint density at radius 1 is 1.36 bits per heavy atom. The van der Waals surface area contributed by atoms with Gasteiger partial charge in [0, 0.05) is 31.1 Å². The number of carbonyl (C=O) groups is 2.